The highest BCUT2D eigenvalue weighted by Crippen LogP contribution is 2.29. The van der Waals surface area contributed by atoms with Gasteiger partial charge in [-0.2, -0.15) is 13.2 Å². The van der Waals surface area contributed by atoms with Gasteiger partial charge in [0.05, 0.1) is 25.2 Å². The fourth-order valence-corrected chi connectivity index (χ4v) is 3.59. The van der Waals surface area contributed by atoms with Crippen molar-refractivity contribution >= 4 is 17.9 Å². The lowest BCUT2D eigenvalue weighted by atomic mass is 10.1. The normalized spacial score (nSPS) is 18.5. The molecule has 0 aromatic heterocycles. The molecule has 0 unspecified atom stereocenters. The zero-order chi connectivity index (χ0) is 22.4. The monoisotopic (exact) mass is 440 g/mol. The minimum absolute atomic E-state index is 0.0243. The fraction of sp³-hybridized carbons (Fsp3) is 0.550. The molecular weight excluding hydrogens is 413 g/mol. The molecule has 2 saturated heterocycles. The number of hydrogen-bond donors (Lipinski definition) is 2. The molecule has 2 aliphatic rings. The van der Waals surface area contributed by atoms with E-state index in [1.54, 1.807) is 6.07 Å². The summed E-state index contributed by atoms with van der Waals surface area (Å²) >= 11 is 0. The molecule has 0 bridgehead atoms. The first kappa shape index (κ1) is 22.9. The van der Waals surface area contributed by atoms with E-state index in [1.807, 2.05) is 6.92 Å². The first-order valence-corrected chi connectivity index (χ1v) is 10.3. The van der Waals surface area contributed by atoms with Crippen molar-refractivity contribution in [2.45, 2.75) is 19.6 Å². The van der Waals surface area contributed by atoms with Crippen LogP contribution < -0.4 is 10.6 Å². The van der Waals surface area contributed by atoms with Crippen LogP contribution in [0.5, 0.6) is 0 Å². The fourth-order valence-electron chi connectivity index (χ4n) is 3.59. The summed E-state index contributed by atoms with van der Waals surface area (Å²) < 4.78 is 38.8. The quantitative estimate of drug-likeness (QED) is 0.397. The lowest BCUT2D eigenvalue weighted by Gasteiger charge is -2.36. The van der Waals surface area contributed by atoms with E-state index in [0.29, 0.717) is 57.3 Å². The maximum Gasteiger partial charge on any atom is 0.416 e. The van der Waals surface area contributed by atoms with Gasteiger partial charge in [-0.25, -0.2) is 4.79 Å². The Morgan fingerprint density at radius 3 is 2.55 bits per heavy atom. The molecule has 0 atom stereocenters. The van der Waals surface area contributed by atoms with E-state index in [-0.39, 0.29) is 19.0 Å². The number of piperazine rings is 1. The third kappa shape index (κ3) is 6.09. The van der Waals surface area contributed by atoms with Crippen LogP contribution in [0.1, 0.15) is 18.1 Å². The molecule has 11 heteroatoms. The van der Waals surface area contributed by atoms with E-state index in [9.17, 15) is 22.8 Å². The molecule has 1 aromatic carbocycles. The second-order valence-corrected chi connectivity index (χ2v) is 7.40. The highest BCUT2D eigenvalue weighted by molar-refractivity contribution is 6.01. The summed E-state index contributed by atoms with van der Waals surface area (Å²) in [4.78, 5) is 33.1. The Kier molecular flexibility index (Phi) is 7.37. The summed E-state index contributed by atoms with van der Waals surface area (Å²) in [7, 11) is 0. The minimum Gasteiger partial charge on any atom is -0.357 e. The number of amides is 3. The van der Waals surface area contributed by atoms with Crippen LogP contribution in [-0.4, -0.2) is 85.0 Å². The number of alkyl halides is 3. The van der Waals surface area contributed by atoms with E-state index >= 15 is 0 Å². The number of guanidine groups is 1. The first-order valence-electron chi connectivity index (χ1n) is 10.3. The number of rotatable bonds is 6. The van der Waals surface area contributed by atoms with Crippen LogP contribution in [0.4, 0.5) is 18.0 Å². The van der Waals surface area contributed by atoms with Crippen molar-refractivity contribution in [3.05, 3.63) is 35.4 Å². The zero-order valence-electron chi connectivity index (χ0n) is 17.4. The number of nitrogens with zero attached hydrogens (tertiary/aromatic N) is 4. The van der Waals surface area contributed by atoms with Gasteiger partial charge in [0.2, 0.25) is 5.91 Å². The van der Waals surface area contributed by atoms with E-state index < -0.39 is 17.8 Å². The van der Waals surface area contributed by atoms with Gasteiger partial charge in [0.1, 0.15) is 0 Å². The maximum absolute atomic E-state index is 12.9. The van der Waals surface area contributed by atoms with E-state index in [1.165, 1.54) is 12.1 Å². The third-order valence-electron chi connectivity index (χ3n) is 5.19. The number of benzene rings is 1. The van der Waals surface area contributed by atoms with Crippen molar-refractivity contribution < 1.29 is 22.8 Å². The Morgan fingerprint density at radius 1 is 1.19 bits per heavy atom. The maximum atomic E-state index is 12.9. The Morgan fingerprint density at radius 2 is 1.94 bits per heavy atom. The summed E-state index contributed by atoms with van der Waals surface area (Å²) in [5.74, 6) is 0.446. The van der Waals surface area contributed by atoms with Crippen LogP contribution in [0.3, 0.4) is 0 Å². The Bertz CT molecular complexity index is 805. The number of hydrogen-bond acceptors (Lipinski definition) is 4. The Hall–Kier alpha value is -2.82. The van der Waals surface area contributed by atoms with Crippen molar-refractivity contribution in [2.75, 3.05) is 52.4 Å². The molecule has 0 spiro atoms. The van der Waals surface area contributed by atoms with Crippen molar-refractivity contribution in [1.82, 2.24) is 25.3 Å². The molecule has 31 heavy (non-hydrogen) atoms. The third-order valence-corrected chi connectivity index (χ3v) is 5.19. The van der Waals surface area contributed by atoms with Gasteiger partial charge < -0.3 is 15.5 Å². The highest BCUT2D eigenvalue weighted by atomic mass is 19.4. The largest absolute Gasteiger partial charge is 0.416 e. The molecule has 0 radical (unpaired) electrons. The van der Waals surface area contributed by atoms with Gasteiger partial charge in [-0.15, -0.1) is 0 Å². The summed E-state index contributed by atoms with van der Waals surface area (Å²) in [6.07, 6.45) is -4.34. The molecular formula is C20H27F3N6O2. The van der Waals surface area contributed by atoms with Crippen LogP contribution in [0.2, 0.25) is 0 Å². The SMILES string of the molecule is CCNC(=NCCN1C(=O)CNC1=O)N1CCN(Cc2cccc(C(F)(F)F)c2)CC1. The molecule has 0 aliphatic carbocycles. The standard InChI is InChI=1S/C20H27F3N6O2/c1-2-24-18(25-6-7-29-17(30)13-26-19(29)31)28-10-8-27(9-11-28)14-15-4-3-5-16(12-15)20(21,22)23/h3-5,12H,2,6-11,13-14H2,1H3,(H,24,25)(H,26,31). The average molecular weight is 440 g/mol. The lowest BCUT2D eigenvalue weighted by molar-refractivity contribution is -0.137. The van der Waals surface area contributed by atoms with Crippen LogP contribution in [0, 0.1) is 0 Å². The van der Waals surface area contributed by atoms with Crippen molar-refractivity contribution in [3.63, 3.8) is 0 Å². The number of carbonyl (C=O) groups is 2. The van der Waals surface area contributed by atoms with Gasteiger partial charge >= 0.3 is 12.2 Å². The predicted octanol–water partition coefficient (Wildman–Crippen LogP) is 1.34. The number of imide groups is 1. The second-order valence-electron chi connectivity index (χ2n) is 7.40. The molecule has 2 fully saturated rings. The van der Waals surface area contributed by atoms with E-state index in [2.05, 4.69) is 25.4 Å². The van der Waals surface area contributed by atoms with Crippen molar-refractivity contribution in [2.24, 2.45) is 4.99 Å². The van der Waals surface area contributed by atoms with E-state index in [4.69, 9.17) is 0 Å². The molecule has 170 valence electrons. The summed E-state index contributed by atoms with van der Waals surface area (Å²) in [5, 5.41) is 5.69. The van der Waals surface area contributed by atoms with Crippen LogP contribution >= 0.6 is 0 Å². The number of urea groups is 1. The minimum atomic E-state index is -4.34. The summed E-state index contributed by atoms with van der Waals surface area (Å²) in [5.41, 5.74) is 0.00720. The van der Waals surface area contributed by atoms with Gasteiger partial charge in [-0.3, -0.25) is 19.6 Å². The second kappa shape index (κ2) is 9.99. The molecule has 3 rings (SSSR count). The van der Waals surface area contributed by atoms with Gasteiger partial charge in [0.25, 0.3) is 0 Å². The summed E-state index contributed by atoms with van der Waals surface area (Å²) in [6.45, 7) is 6.35. The first-order chi connectivity index (χ1) is 14.8. The van der Waals surface area contributed by atoms with Crippen LogP contribution in [0.15, 0.2) is 29.3 Å². The number of halogens is 3. The molecule has 2 aliphatic heterocycles. The molecule has 3 amide bonds. The van der Waals surface area contributed by atoms with Gasteiger partial charge in [0.15, 0.2) is 5.96 Å². The molecule has 8 nitrogen and oxygen atoms in total. The van der Waals surface area contributed by atoms with Gasteiger partial charge in [-0.05, 0) is 18.6 Å². The Labute approximate surface area is 179 Å². The van der Waals surface area contributed by atoms with Gasteiger partial charge in [0, 0.05) is 39.3 Å². The van der Waals surface area contributed by atoms with Crippen LogP contribution in [0.25, 0.3) is 0 Å². The zero-order valence-corrected chi connectivity index (χ0v) is 17.4. The topological polar surface area (TPSA) is 80.3 Å². The van der Waals surface area contributed by atoms with Gasteiger partial charge in [-0.1, -0.05) is 18.2 Å². The predicted molar refractivity (Wildman–Crippen MR) is 109 cm³/mol. The number of carbonyl (C=O) groups excluding carboxylic acids is 2. The smallest absolute Gasteiger partial charge is 0.357 e. The highest BCUT2D eigenvalue weighted by Gasteiger charge is 2.31. The summed E-state index contributed by atoms with van der Waals surface area (Å²) in [6, 6.07) is 5.04. The van der Waals surface area contributed by atoms with Crippen LogP contribution in [-0.2, 0) is 17.5 Å². The lowest BCUT2D eigenvalue weighted by Crippen LogP contribution is -2.52. The molecule has 2 heterocycles. The number of aliphatic imine (C=N–C) groups is 1. The molecule has 2 N–H and O–H groups in total. The van der Waals surface area contributed by atoms with E-state index in [0.717, 1.165) is 11.0 Å². The molecule has 0 saturated carbocycles. The number of nitrogens with one attached hydrogen (secondary N) is 2. The van der Waals surface area contributed by atoms with Crippen molar-refractivity contribution in [3.8, 4) is 0 Å². The Balaban J connectivity index is 1.52. The van der Waals surface area contributed by atoms with Crippen molar-refractivity contribution in [1.29, 1.82) is 0 Å². The average Bonchev–Trinajstić information content (AvgIpc) is 3.05. The molecule has 1 aromatic rings.